The Bertz CT molecular complexity index is 397. The zero-order valence-corrected chi connectivity index (χ0v) is 13.5. The molecule has 2 nitrogen and oxygen atoms in total. The molecule has 112 valence electrons. The lowest BCUT2D eigenvalue weighted by Crippen LogP contribution is -2.48. The Morgan fingerprint density at radius 2 is 1.95 bits per heavy atom. The Labute approximate surface area is 124 Å². The van der Waals surface area contributed by atoms with Crippen LogP contribution in [0.15, 0.2) is 30.3 Å². The van der Waals surface area contributed by atoms with E-state index in [1.54, 1.807) is 0 Å². The molecule has 0 aliphatic carbocycles. The lowest BCUT2D eigenvalue weighted by Gasteiger charge is -2.34. The van der Waals surface area contributed by atoms with Crippen molar-refractivity contribution >= 4 is 0 Å². The van der Waals surface area contributed by atoms with Gasteiger partial charge in [-0.3, -0.25) is 4.90 Å². The molecule has 20 heavy (non-hydrogen) atoms. The topological polar surface area (TPSA) is 15.3 Å². The first-order valence-electron chi connectivity index (χ1n) is 7.98. The van der Waals surface area contributed by atoms with Crippen molar-refractivity contribution < 1.29 is 0 Å². The van der Waals surface area contributed by atoms with Crippen LogP contribution in [-0.2, 0) is 6.54 Å². The van der Waals surface area contributed by atoms with Crippen molar-refractivity contribution in [1.82, 2.24) is 10.2 Å². The molecule has 0 radical (unpaired) electrons. The van der Waals surface area contributed by atoms with Gasteiger partial charge in [0, 0.05) is 18.6 Å². The Morgan fingerprint density at radius 1 is 1.25 bits per heavy atom. The zero-order chi connectivity index (χ0) is 14.6. The zero-order valence-electron chi connectivity index (χ0n) is 13.5. The van der Waals surface area contributed by atoms with E-state index in [1.165, 1.54) is 25.1 Å². The second-order valence-corrected chi connectivity index (χ2v) is 7.20. The minimum atomic E-state index is 0.246. The number of hydrogen-bond donors (Lipinski definition) is 1. The van der Waals surface area contributed by atoms with Gasteiger partial charge in [0.05, 0.1) is 0 Å². The fourth-order valence-electron chi connectivity index (χ4n) is 3.02. The van der Waals surface area contributed by atoms with Crippen molar-refractivity contribution in [3.05, 3.63) is 35.9 Å². The van der Waals surface area contributed by atoms with Crippen LogP contribution in [-0.4, -0.2) is 30.1 Å². The number of nitrogens with one attached hydrogen (secondary N) is 1. The first-order chi connectivity index (χ1) is 9.47. The molecule has 0 unspecified atom stereocenters. The number of rotatable bonds is 6. The number of likely N-dealkylation sites (tertiary alicyclic amines) is 1. The molecule has 1 heterocycles. The maximum absolute atomic E-state index is 3.76. The summed E-state index contributed by atoms with van der Waals surface area (Å²) in [4.78, 5) is 2.60. The predicted octanol–water partition coefficient (Wildman–Crippen LogP) is 3.53. The highest BCUT2D eigenvalue weighted by molar-refractivity contribution is 5.14. The third kappa shape index (κ3) is 4.32. The lowest BCUT2D eigenvalue weighted by molar-refractivity contribution is 0.230. The van der Waals surface area contributed by atoms with Crippen LogP contribution in [0.1, 0.15) is 39.7 Å². The van der Waals surface area contributed by atoms with Crippen molar-refractivity contribution in [2.75, 3.05) is 19.6 Å². The summed E-state index contributed by atoms with van der Waals surface area (Å²) in [7, 11) is 0. The molecule has 1 aromatic carbocycles. The Morgan fingerprint density at radius 3 is 2.60 bits per heavy atom. The second-order valence-electron chi connectivity index (χ2n) is 7.20. The van der Waals surface area contributed by atoms with E-state index >= 15 is 0 Å². The molecule has 1 N–H and O–H groups in total. The molecule has 0 spiro atoms. The summed E-state index contributed by atoms with van der Waals surface area (Å²) >= 11 is 0. The van der Waals surface area contributed by atoms with Gasteiger partial charge in [-0.1, -0.05) is 44.2 Å². The Kier molecular flexibility index (Phi) is 5.22. The Hall–Kier alpha value is -0.860. The van der Waals surface area contributed by atoms with E-state index in [-0.39, 0.29) is 5.54 Å². The summed E-state index contributed by atoms with van der Waals surface area (Å²) < 4.78 is 0. The van der Waals surface area contributed by atoms with Crippen LogP contribution in [0, 0.1) is 11.8 Å². The molecule has 1 fully saturated rings. The van der Waals surface area contributed by atoms with Gasteiger partial charge in [0.2, 0.25) is 0 Å². The van der Waals surface area contributed by atoms with Gasteiger partial charge in [0.1, 0.15) is 0 Å². The van der Waals surface area contributed by atoms with Crippen LogP contribution in [0.4, 0.5) is 0 Å². The van der Waals surface area contributed by atoms with E-state index in [0.29, 0.717) is 0 Å². The summed E-state index contributed by atoms with van der Waals surface area (Å²) in [6, 6.07) is 10.8. The molecule has 0 saturated carbocycles. The largest absolute Gasteiger partial charge is 0.311 e. The van der Waals surface area contributed by atoms with Gasteiger partial charge in [0.15, 0.2) is 0 Å². The molecule has 1 saturated heterocycles. The first kappa shape index (κ1) is 15.5. The highest BCUT2D eigenvalue weighted by Crippen LogP contribution is 2.28. The third-order valence-corrected chi connectivity index (χ3v) is 4.51. The maximum Gasteiger partial charge on any atom is 0.0233 e. The molecule has 1 aliphatic rings. The van der Waals surface area contributed by atoms with Crippen molar-refractivity contribution in [1.29, 1.82) is 0 Å². The van der Waals surface area contributed by atoms with Gasteiger partial charge in [-0.05, 0) is 50.8 Å². The van der Waals surface area contributed by atoms with Gasteiger partial charge in [-0.15, -0.1) is 0 Å². The predicted molar refractivity (Wildman–Crippen MR) is 86.7 cm³/mol. The second kappa shape index (κ2) is 6.73. The molecule has 1 aliphatic heterocycles. The Balaban J connectivity index is 1.85. The fourth-order valence-corrected chi connectivity index (χ4v) is 3.02. The van der Waals surface area contributed by atoms with Crippen LogP contribution < -0.4 is 5.32 Å². The molecule has 0 bridgehead atoms. The third-order valence-electron chi connectivity index (χ3n) is 4.51. The summed E-state index contributed by atoms with van der Waals surface area (Å²) in [5.74, 6) is 1.47. The molecule has 0 aromatic heterocycles. The van der Waals surface area contributed by atoms with E-state index < -0.39 is 0 Å². The summed E-state index contributed by atoms with van der Waals surface area (Å²) in [5, 5.41) is 3.76. The van der Waals surface area contributed by atoms with Crippen LogP contribution in [0.25, 0.3) is 0 Å². The summed E-state index contributed by atoms with van der Waals surface area (Å²) in [6.07, 6.45) is 1.31. The minimum Gasteiger partial charge on any atom is -0.311 e. The van der Waals surface area contributed by atoms with Gasteiger partial charge < -0.3 is 5.32 Å². The molecule has 2 rings (SSSR count). The normalized spacial score (nSPS) is 20.8. The van der Waals surface area contributed by atoms with Crippen molar-refractivity contribution in [2.45, 2.75) is 46.2 Å². The number of hydrogen-bond acceptors (Lipinski definition) is 2. The highest BCUT2D eigenvalue weighted by Gasteiger charge is 2.34. The number of benzene rings is 1. The van der Waals surface area contributed by atoms with Crippen molar-refractivity contribution in [3.8, 4) is 0 Å². The average molecular weight is 274 g/mol. The number of nitrogens with zero attached hydrogens (tertiary/aromatic N) is 1. The standard InChI is InChI=1S/C18H30N2/c1-15(2)12-19-18(3,4)17-10-11-20(14-17)13-16-8-6-5-7-9-16/h5-9,15,17,19H,10-14H2,1-4H3/t17-/m1/s1. The van der Waals surface area contributed by atoms with Gasteiger partial charge in [0.25, 0.3) is 0 Å². The SMILES string of the molecule is CC(C)CNC(C)(C)[C@@H]1CCN(Cc2ccccc2)C1. The highest BCUT2D eigenvalue weighted by atomic mass is 15.2. The molecule has 1 atom stereocenters. The van der Waals surface area contributed by atoms with Crippen LogP contribution in [0.2, 0.25) is 0 Å². The van der Waals surface area contributed by atoms with Gasteiger partial charge >= 0.3 is 0 Å². The molecule has 0 amide bonds. The van der Waals surface area contributed by atoms with Crippen molar-refractivity contribution in [2.24, 2.45) is 11.8 Å². The van der Waals surface area contributed by atoms with Crippen LogP contribution >= 0.6 is 0 Å². The van der Waals surface area contributed by atoms with E-state index in [9.17, 15) is 0 Å². The minimum absolute atomic E-state index is 0.246. The van der Waals surface area contributed by atoms with Crippen molar-refractivity contribution in [3.63, 3.8) is 0 Å². The summed E-state index contributed by atoms with van der Waals surface area (Å²) in [5.41, 5.74) is 1.68. The summed E-state index contributed by atoms with van der Waals surface area (Å²) in [6.45, 7) is 13.9. The molecule has 2 heteroatoms. The molecule has 1 aromatic rings. The van der Waals surface area contributed by atoms with Crippen LogP contribution in [0.3, 0.4) is 0 Å². The quantitative estimate of drug-likeness (QED) is 0.853. The molecular formula is C18H30N2. The van der Waals surface area contributed by atoms with Crippen LogP contribution in [0.5, 0.6) is 0 Å². The smallest absolute Gasteiger partial charge is 0.0233 e. The maximum atomic E-state index is 3.76. The monoisotopic (exact) mass is 274 g/mol. The fraction of sp³-hybridized carbons (Fsp3) is 0.667. The van der Waals surface area contributed by atoms with Gasteiger partial charge in [-0.25, -0.2) is 0 Å². The molecular weight excluding hydrogens is 244 g/mol. The van der Waals surface area contributed by atoms with E-state index in [0.717, 1.165) is 24.9 Å². The first-order valence-corrected chi connectivity index (χ1v) is 7.98. The lowest BCUT2D eigenvalue weighted by atomic mass is 9.86. The average Bonchev–Trinajstić information content (AvgIpc) is 2.87. The van der Waals surface area contributed by atoms with E-state index in [2.05, 4.69) is 68.2 Å². The van der Waals surface area contributed by atoms with E-state index in [1.807, 2.05) is 0 Å². The van der Waals surface area contributed by atoms with E-state index in [4.69, 9.17) is 0 Å². The van der Waals surface area contributed by atoms with Gasteiger partial charge in [-0.2, -0.15) is 0 Å².